The number of nitrogens with two attached hydrogens (primary N) is 1. The number of hydrogen-bond donors (Lipinski definition) is 1. The highest BCUT2D eigenvalue weighted by atomic mass is 16.1. The van der Waals surface area contributed by atoms with E-state index in [1.807, 2.05) is 37.3 Å². The van der Waals surface area contributed by atoms with Crippen LogP contribution in [0.5, 0.6) is 0 Å². The van der Waals surface area contributed by atoms with Gasteiger partial charge in [0, 0.05) is 11.3 Å². The quantitative estimate of drug-likeness (QED) is 0.589. The third-order valence-corrected chi connectivity index (χ3v) is 3.40. The van der Waals surface area contributed by atoms with E-state index in [0.29, 0.717) is 16.9 Å². The van der Waals surface area contributed by atoms with Crippen LogP contribution in [0.15, 0.2) is 54.7 Å². The molecule has 0 spiro atoms. The molecule has 5 nitrogen and oxygen atoms in total. The van der Waals surface area contributed by atoms with Crippen molar-refractivity contribution in [3.05, 3.63) is 71.5 Å². The van der Waals surface area contributed by atoms with Crippen LogP contribution >= 0.6 is 0 Å². The van der Waals surface area contributed by atoms with E-state index < -0.39 is 0 Å². The molecule has 0 aliphatic rings. The van der Waals surface area contributed by atoms with Gasteiger partial charge in [0.1, 0.15) is 5.69 Å². The van der Waals surface area contributed by atoms with Crippen molar-refractivity contribution in [1.29, 1.82) is 0 Å². The first kappa shape index (κ1) is 13.1. The highest BCUT2D eigenvalue weighted by molar-refractivity contribution is 6.09. The molecule has 0 bridgehead atoms. The summed E-state index contributed by atoms with van der Waals surface area (Å²) in [6.45, 7) is 1.83. The predicted octanol–water partition coefficient (Wildman–Crippen LogP) is 2.39. The lowest BCUT2D eigenvalue weighted by Crippen LogP contribution is -2.12. The summed E-state index contributed by atoms with van der Waals surface area (Å²) in [6, 6.07) is 14.7. The van der Waals surface area contributed by atoms with Gasteiger partial charge in [0.15, 0.2) is 0 Å². The van der Waals surface area contributed by atoms with E-state index in [4.69, 9.17) is 5.73 Å². The van der Waals surface area contributed by atoms with E-state index in [2.05, 4.69) is 10.3 Å². The Labute approximate surface area is 122 Å². The minimum atomic E-state index is -0.145. The zero-order valence-corrected chi connectivity index (χ0v) is 11.5. The summed E-state index contributed by atoms with van der Waals surface area (Å²) >= 11 is 0. The molecule has 0 radical (unpaired) electrons. The minimum absolute atomic E-state index is 0.145. The Morgan fingerprint density at radius 3 is 2.62 bits per heavy atom. The topological polar surface area (TPSA) is 73.8 Å². The number of aromatic nitrogens is 3. The molecule has 1 heterocycles. The van der Waals surface area contributed by atoms with Gasteiger partial charge in [-0.25, -0.2) is 4.68 Å². The van der Waals surface area contributed by atoms with E-state index in [9.17, 15) is 4.79 Å². The Kier molecular flexibility index (Phi) is 3.23. The molecule has 0 saturated heterocycles. The molecule has 104 valence electrons. The van der Waals surface area contributed by atoms with Crippen LogP contribution in [0.2, 0.25) is 0 Å². The maximum Gasteiger partial charge on any atom is 0.213 e. The summed E-state index contributed by atoms with van der Waals surface area (Å²) in [5.74, 6) is -0.145. The lowest BCUT2D eigenvalue weighted by atomic mass is 10.0. The number of anilines is 1. The molecule has 0 aliphatic heterocycles. The van der Waals surface area contributed by atoms with Gasteiger partial charge >= 0.3 is 0 Å². The Morgan fingerprint density at radius 2 is 1.86 bits per heavy atom. The number of hydrogen-bond acceptors (Lipinski definition) is 4. The lowest BCUT2D eigenvalue weighted by Gasteiger charge is -2.08. The van der Waals surface area contributed by atoms with Crippen LogP contribution < -0.4 is 5.73 Å². The first-order chi connectivity index (χ1) is 10.2. The maximum absolute atomic E-state index is 12.7. The second-order valence-electron chi connectivity index (χ2n) is 4.72. The third kappa shape index (κ3) is 2.29. The molecule has 0 fully saturated rings. The van der Waals surface area contributed by atoms with Gasteiger partial charge in [0.2, 0.25) is 5.78 Å². The molecule has 21 heavy (non-hydrogen) atoms. The second-order valence-corrected chi connectivity index (χ2v) is 4.72. The van der Waals surface area contributed by atoms with E-state index in [1.165, 1.54) is 10.9 Å². The van der Waals surface area contributed by atoms with Gasteiger partial charge in [0.25, 0.3) is 0 Å². The predicted molar refractivity (Wildman–Crippen MR) is 80.4 cm³/mol. The molecular formula is C16H14N4O. The minimum Gasteiger partial charge on any atom is -0.398 e. The van der Waals surface area contributed by atoms with Gasteiger partial charge in [-0.2, -0.15) is 0 Å². The fourth-order valence-corrected chi connectivity index (χ4v) is 2.19. The smallest absolute Gasteiger partial charge is 0.213 e. The highest BCUT2D eigenvalue weighted by Gasteiger charge is 2.18. The fraction of sp³-hybridized carbons (Fsp3) is 0.0625. The molecule has 3 rings (SSSR count). The first-order valence-corrected chi connectivity index (χ1v) is 6.54. The van der Waals surface area contributed by atoms with Gasteiger partial charge in [-0.15, -0.1) is 5.10 Å². The first-order valence-electron chi connectivity index (χ1n) is 6.54. The molecule has 2 N–H and O–H groups in total. The van der Waals surface area contributed by atoms with E-state index >= 15 is 0 Å². The summed E-state index contributed by atoms with van der Waals surface area (Å²) in [6.07, 6.45) is 1.47. The molecule has 2 aromatic carbocycles. The average molecular weight is 278 g/mol. The molecule has 0 aliphatic carbocycles. The molecule has 1 aromatic heterocycles. The van der Waals surface area contributed by atoms with E-state index in [0.717, 1.165) is 11.3 Å². The van der Waals surface area contributed by atoms with Crippen LogP contribution in [-0.2, 0) is 0 Å². The molecular weight excluding hydrogens is 264 g/mol. The SMILES string of the molecule is Cc1c(N)cccc1C(=O)c1cnnn1-c1ccccc1. The summed E-state index contributed by atoms with van der Waals surface area (Å²) in [5.41, 5.74) is 9.00. The Hall–Kier alpha value is -2.95. The Balaban J connectivity index is 2.08. The molecule has 3 aromatic rings. The van der Waals surface area contributed by atoms with Gasteiger partial charge in [-0.3, -0.25) is 4.79 Å². The van der Waals surface area contributed by atoms with Gasteiger partial charge in [-0.05, 0) is 30.7 Å². The zero-order valence-electron chi connectivity index (χ0n) is 11.5. The number of rotatable bonds is 3. The zero-order chi connectivity index (χ0) is 14.8. The summed E-state index contributed by atoms with van der Waals surface area (Å²) in [5, 5.41) is 7.86. The number of nitrogen functional groups attached to an aromatic ring is 1. The summed E-state index contributed by atoms with van der Waals surface area (Å²) < 4.78 is 1.53. The molecule has 0 unspecified atom stereocenters. The van der Waals surface area contributed by atoms with E-state index in [-0.39, 0.29) is 5.78 Å². The van der Waals surface area contributed by atoms with Crippen molar-refractivity contribution in [2.75, 3.05) is 5.73 Å². The molecule has 0 atom stereocenters. The Morgan fingerprint density at radius 1 is 1.10 bits per heavy atom. The van der Waals surface area contributed by atoms with Crippen LogP contribution in [-0.4, -0.2) is 20.8 Å². The monoisotopic (exact) mass is 278 g/mol. The van der Waals surface area contributed by atoms with Gasteiger partial charge in [-0.1, -0.05) is 35.5 Å². The van der Waals surface area contributed by atoms with Crippen molar-refractivity contribution in [3.8, 4) is 5.69 Å². The normalized spacial score (nSPS) is 10.5. The van der Waals surface area contributed by atoms with Crippen LogP contribution in [0, 0.1) is 6.92 Å². The molecule has 0 saturated carbocycles. The van der Waals surface area contributed by atoms with Crippen LogP contribution in [0.25, 0.3) is 5.69 Å². The summed E-state index contributed by atoms with van der Waals surface area (Å²) in [7, 11) is 0. The van der Waals surface area contributed by atoms with Crippen LogP contribution in [0.3, 0.4) is 0 Å². The fourth-order valence-electron chi connectivity index (χ4n) is 2.19. The third-order valence-electron chi connectivity index (χ3n) is 3.40. The van der Waals surface area contributed by atoms with Crippen molar-refractivity contribution >= 4 is 11.5 Å². The summed E-state index contributed by atoms with van der Waals surface area (Å²) in [4.78, 5) is 12.7. The van der Waals surface area contributed by atoms with Gasteiger partial charge < -0.3 is 5.73 Å². The maximum atomic E-state index is 12.7. The van der Waals surface area contributed by atoms with Crippen molar-refractivity contribution in [2.45, 2.75) is 6.92 Å². The van der Waals surface area contributed by atoms with Crippen molar-refractivity contribution in [2.24, 2.45) is 0 Å². The lowest BCUT2D eigenvalue weighted by molar-refractivity contribution is 0.103. The number of benzene rings is 2. The van der Waals surface area contributed by atoms with Crippen LogP contribution in [0.1, 0.15) is 21.6 Å². The molecule has 0 amide bonds. The number of carbonyl (C=O) groups is 1. The number of ketones is 1. The average Bonchev–Trinajstić information content (AvgIpc) is 3.00. The highest BCUT2D eigenvalue weighted by Crippen LogP contribution is 2.20. The Bertz CT molecular complexity index is 793. The number of para-hydroxylation sites is 1. The standard InChI is InChI=1S/C16H14N4O/c1-11-13(8-5-9-14(11)17)16(21)15-10-18-19-20(15)12-6-3-2-4-7-12/h2-10H,17H2,1H3. The van der Waals surface area contributed by atoms with Crippen LogP contribution in [0.4, 0.5) is 5.69 Å². The van der Waals surface area contributed by atoms with Gasteiger partial charge in [0.05, 0.1) is 11.9 Å². The number of carbonyl (C=O) groups excluding carboxylic acids is 1. The van der Waals surface area contributed by atoms with Crippen molar-refractivity contribution in [3.63, 3.8) is 0 Å². The van der Waals surface area contributed by atoms with E-state index in [1.54, 1.807) is 18.2 Å². The number of nitrogens with zero attached hydrogens (tertiary/aromatic N) is 3. The second kappa shape index (κ2) is 5.20. The largest absolute Gasteiger partial charge is 0.398 e. The van der Waals surface area contributed by atoms with Crippen molar-refractivity contribution < 1.29 is 4.79 Å². The molecule has 5 heteroatoms. The van der Waals surface area contributed by atoms with Crippen molar-refractivity contribution in [1.82, 2.24) is 15.0 Å².